The van der Waals surface area contributed by atoms with Gasteiger partial charge in [0.05, 0.1) is 6.61 Å². The summed E-state index contributed by atoms with van der Waals surface area (Å²) in [4.78, 5) is 16.0. The van der Waals surface area contributed by atoms with Gasteiger partial charge in [0, 0.05) is 18.0 Å². The number of fused-ring (bicyclic) bond motifs is 1. The standard InChI is InChI=1S/C12H15N5OS/c1-2-18-12-15-10(13)14-11(16-12)17-5-3-9-8(7-17)4-6-19-9/h4,6H,2-3,5,7H2,1H3,(H2,13,14,15,16). The Morgan fingerprint density at radius 2 is 2.32 bits per heavy atom. The van der Waals surface area contributed by atoms with Gasteiger partial charge in [-0.3, -0.25) is 0 Å². The molecular weight excluding hydrogens is 262 g/mol. The van der Waals surface area contributed by atoms with Crippen molar-refractivity contribution in [2.24, 2.45) is 0 Å². The molecule has 0 atom stereocenters. The Kier molecular flexibility index (Phi) is 3.20. The van der Waals surface area contributed by atoms with Crippen LogP contribution in [0, 0.1) is 0 Å². The van der Waals surface area contributed by atoms with Crippen molar-refractivity contribution in [1.82, 2.24) is 15.0 Å². The lowest BCUT2D eigenvalue weighted by Gasteiger charge is -2.26. The minimum Gasteiger partial charge on any atom is -0.464 e. The van der Waals surface area contributed by atoms with E-state index in [1.807, 2.05) is 18.3 Å². The summed E-state index contributed by atoms with van der Waals surface area (Å²) in [5.41, 5.74) is 7.05. The highest BCUT2D eigenvalue weighted by Gasteiger charge is 2.20. The lowest BCUT2D eigenvalue weighted by atomic mass is 10.1. The first-order valence-corrected chi connectivity index (χ1v) is 7.08. The Balaban J connectivity index is 1.87. The van der Waals surface area contributed by atoms with Crippen molar-refractivity contribution in [3.05, 3.63) is 21.9 Å². The van der Waals surface area contributed by atoms with Gasteiger partial charge in [0.25, 0.3) is 0 Å². The highest BCUT2D eigenvalue weighted by atomic mass is 32.1. The second kappa shape index (κ2) is 5.00. The van der Waals surface area contributed by atoms with E-state index >= 15 is 0 Å². The number of aromatic nitrogens is 3. The summed E-state index contributed by atoms with van der Waals surface area (Å²) in [6.45, 7) is 4.10. The number of anilines is 2. The summed E-state index contributed by atoms with van der Waals surface area (Å²) in [6.07, 6.45) is 1.02. The Morgan fingerprint density at radius 3 is 3.16 bits per heavy atom. The fraction of sp³-hybridized carbons (Fsp3) is 0.417. The number of hydrogen-bond donors (Lipinski definition) is 1. The lowest BCUT2D eigenvalue weighted by molar-refractivity contribution is 0.312. The summed E-state index contributed by atoms with van der Waals surface area (Å²) in [7, 11) is 0. The van der Waals surface area contributed by atoms with Crippen LogP contribution < -0.4 is 15.4 Å². The quantitative estimate of drug-likeness (QED) is 0.915. The molecule has 0 aromatic carbocycles. The zero-order valence-electron chi connectivity index (χ0n) is 10.7. The Hall–Kier alpha value is -1.89. The van der Waals surface area contributed by atoms with Gasteiger partial charge in [-0.15, -0.1) is 11.3 Å². The number of rotatable bonds is 3. The normalized spacial score (nSPS) is 14.3. The van der Waals surface area contributed by atoms with Crippen LogP contribution in [0.1, 0.15) is 17.4 Å². The molecule has 0 unspecified atom stereocenters. The van der Waals surface area contributed by atoms with E-state index in [0.29, 0.717) is 18.6 Å². The van der Waals surface area contributed by atoms with Crippen LogP contribution in [0.4, 0.5) is 11.9 Å². The molecule has 3 rings (SSSR count). The molecule has 6 nitrogen and oxygen atoms in total. The molecule has 2 aromatic rings. The van der Waals surface area contributed by atoms with Crippen molar-refractivity contribution in [2.45, 2.75) is 19.9 Å². The van der Waals surface area contributed by atoms with Crippen molar-refractivity contribution in [1.29, 1.82) is 0 Å². The van der Waals surface area contributed by atoms with Gasteiger partial charge in [0.2, 0.25) is 11.9 Å². The minimum atomic E-state index is 0.199. The van der Waals surface area contributed by atoms with Gasteiger partial charge in [-0.1, -0.05) is 0 Å². The van der Waals surface area contributed by atoms with Gasteiger partial charge >= 0.3 is 6.01 Å². The van der Waals surface area contributed by atoms with Crippen molar-refractivity contribution in [3.63, 3.8) is 0 Å². The van der Waals surface area contributed by atoms with E-state index in [0.717, 1.165) is 19.5 Å². The van der Waals surface area contributed by atoms with Gasteiger partial charge in [0.1, 0.15) is 0 Å². The molecule has 0 spiro atoms. The molecule has 0 aliphatic carbocycles. The van der Waals surface area contributed by atoms with E-state index in [4.69, 9.17) is 10.5 Å². The number of nitrogens with two attached hydrogens (primary N) is 1. The fourth-order valence-corrected chi connectivity index (χ4v) is 3.00. The zero-order valence-corrected chi connectivity index (χ0v) is 11.5. The van der Waals surface area contributed by atoms with E-state index in [1.54, 1.807) is 0 Å². The maximum atomic E-state index is 5.70. The first-order valence-electron chi connectivity index (χ1n) is 6.21. The number of ether oxygens (including phenoxy) is 1. The summed E-state index contributed by atoms with van der Waals surface area (Å²) in [6, 6.07) is 2.45. The van der Waals surface area contributed by atoms with Gasteiger partial charge in [-0.2, -0.15) is 15.0 Å². The van der Waals surface area contributed by atoms with Crippen molar-refractivity contribution < 1.29 is 4.74 Å². The van der Waals surface area contributed by atoms with E-state index in [-0.39, 0.29) is 5.95 Å². The monoisotopic (exact) mass is 277 g/mol. The average molecular weight is 277 g/mol. The van der Waals surface area contributed by atoms with Gasteiger partial charge < -0.3 is 15.4 Å². The van der Waals surface area contributed by atoms with E-state index in [2.05, 4.69) is 31.3 Å². The molecule has 0 bridgehead atoms. The number of hydrogen-bond acceptors (Lipinski definition) is 7. The van der Waals surface area contributed by atoms with E-state index < -0.39 is 0 Å². The van der Waals surface area contributed by atoms with E-state index in [1.165, 1.54) is 10.4 Å². The Bertz CT molecular complexity index is 585. The SMILES string of the molecule is CCOc1nc(N)nc(N2CCc3sccc3C2)n1. The molecule has 2 N–H and O–H groups in total. The van der Waals surface area contributed by atoms with Crippen LogP contribution in [-0.2, 0) is 13.0 Å². The molecule has 2 aromatic heterocycles. The molecule has 19 heavy (non-hydrogen) atoms. The molecule has 100 valence electrons. The Morgan fingerprint density at radius 1 is 1.42 bits per heavy atom. The summed E-state index contributed by atoms with van der Waals surface area (Å²) < 4.78 is 5.31. The summed E-state index contributed by atoms with van der Waals surface area (Å²) in [5, 5.41) is 2.13. The van der Waals surface area contributed by atoms with Gasteiger partial charge in [0.15, 0.2) is 0 Å². The number of nitrogens with zero attached hydrogens (tertiary/aromatic N) is 4. The lowest BCUT2D eigenvalue weighted by Crippen LogP contribution is -2.31. The van der Waals surface area contributed by atoms with Crippen LogP contribution in [0.15, 0.2) is 11.4 Å². The predicted octanol–water partition coefficient (Wildman–Crippen LogP) is 1.48. The van der Waals surface area contributed by atoms with Crippen molar-refractivity contribution >= 4 is 23.2 Å². The molecule has 0 saturated carbocycles. The summed E-state index contributed by atoms with van der Waals surface area (Å²) in [5.74, 6) is 0.789. The predicted molar refractivity (Wildman–Crippen MR) is 74.5 cm³/mol. The Labute approximate surface area is 115 Å². The second-order valence-corrected chi connectivity index (χ2v) is 5.25. The highest BCUT2D eigenvalue weighted by molar-refractivity contribution is 7.10. The first kappa shape index (κ1) is 12.2. The van der Waals surface area contributed by atoms with Gasteiger partial charge in [-0.05, 0) is 30.4 Å². The third-order valence-electron chi connectivity index (χ3n) is 2.98. The fourth-order valence-electron chi connectivity index (χ4n) is 2.12. The molecule has 7 heteroatoms. The largest absolute Gasteiger partial charge is 0.464 e. The third-order valence-corrected chi connectivity index (χ3v) is 4.01. The maximum Gasteiger partial charge on any atom is 0.323 e. The van der Waals surface area contributed by atoms with Crippen LogP contribution >= 0.6 is 11.3 Å². The average Bonchev–Trinajstić information content (AvgIpc) is 2.85. The minimum absolute atomic E-state index is 0.199. The topological polar surface area (TPSA) is 77.2 Å². The zero-order chi connectivity index (χ0) is 13.2. The second-order valence-electron chi connectivity index (χ2n) is 4.25. The molecule has 3 heterocycles. The smallest absolute Gasteiger partial charge is 0.323 e. The molecule has 0 saturated heterocycles. The molecule has 0 radical (unpaired) electrons. The molecule has 0 amide bonds. The first-order chi connectivity index (χ1) is 9.26. The highest BCUT2D eigenvalue weighted by Crippen LogP contribution is 2.26. The molecule has 1 aliphatic rings. The molecule has 0 fully saturated rings. The van der Waals surface area contributed by atoms with Crippen molar-refractivity contribution in [2.75, 3.05) is 23.8 Å². The summed E-state index contributed by atoms with van der Waals surface area (Å²) >= 11 is 1.81. The molecule has 1 aliphatic heterocycles. The van der Waals surface area contributed by atoms with Crippen LogP contribution in [0.2, 0.25) is 0 Å². The van der Waals surface area contributed by atoms with Crippen LogP contribution in [0.25, 0.3) is 0 Å². The van der Waals surface area contributed by atoms with E-state index in [9.17, 15) is 0 Å². The third kappa shape index (κ3) is 2.46. The number of thiophene rings is 1. The van der Waals surface area contributed by atoms with Crippen molar-refractivity contribution in [3.8, 4) is 6.01 Å². The van der Waals surface area contributed by atoms with Crippen LogP contribution in [-0.4, -0.2) is 28.1 Å². The van der Waals surface area contributed by atoms with Crippen LogP contribution in [0.5, 0.6) is 6.01 Å². The van der Waals surface area contributed by atoms with Gasteiger partial charge in [-0.25, -0.2) is 0 Å². The molecular formula is C12H15N5OS. The maximum absolute atomic E-state index is 5.70. The van der Waals surface area contributed by atoms with Crippen LogP contribution in [0.3, 0.4) is 0 Å². The number of nitrogen functional groups attached to an aromatic ring is 1.